The molecule has 0 bridgehead atoms. The third-order valence-corrected chi connectivity index (χ3v) is 6.26. The van der Waals surface area contributed by atoms with Crippen molar-refractivity contribution in [2.75, 3.05) is 41.9 Å². The van der Waals surface area contributed by atoms with Crippen molar-refractivity contribution in [3.05, 3.63) is 47.8 Å². The Bertz CT molecular complexity index is 869. The van der Waals surface area contributed by atoms with Crippen LogP contribution in [0.1, 0.15) is 24.2 Å². The molecular weight excluding hydrogens is 350 g/mol. The highest BCUT2D eigenvalue weighted by molar-refractivity contribution is 7.91. The quantitative estimate of drug-likeness (QED) is 0.866. The Morgan fingerprint density at radius 1 is 1.19 bits per heavy atom. The summed E-state index contributed by atoms with van der Waals surface area (Å²) < 4.78 is 28.8. The summed E-state index contributed by atoms with van der Waals surface area (Å²) in [6, 6.07) is 10.0. The first kappa shape index (κ1) is 18.5. The van der Waals surface area contributed by atoms with Gasteiger partial charge in [-0.2, -0.15) is 0 Å². The largest absolute Gasteiger partial charge is 0.495 e. The number of benzene rings is 1. The Balaban J connectivity index is 1.77. The van der Waals surface area contributed by atoms with E-state index < -0.39 is 9.84 Å². The van der Waals surface area contributed by atoms with Crippen molar-refractivity contribution in [3.8, 4) is 5.75 Å². The Morgan fingerprint density at radius 3 is 2.58 bits per heavy atom. The molecule has 1 aliphatic heterocycles. The Morgan fingerprint density at radius 2 is 1.92 bits per heavy atom. The number of ether oxygens (including phenoxy) is 1. The summed E-state index contributed by atoms with van der Waals surface area (Å²) in [5.41, 5.74) is 4.00. The van der Waals surface area contributed by atoms with Crippen LogP contribution in [0, 0.1) is 6.92 Å². The molecule has 1 unspecified atom stereocenters. The second kappa shape index (κ2) is 7.53. The van der Waals surface area contributed by atoms with Crippen LogP contribution in [0.2, 0.25) is 0 Å². The molecule has 6 nitrogen and oxygen atoms in total. The van der Waals surface area contributed by atoms with E-state index in [1.54, 1.807) is 7.11 Å². The summed E-state index contributed by atoms with van der Waals surface area (Å²) in [6.45, 7) is 5.14. The summed E-state index contributed by atoms with van der Waals surface area (Å²) in [6.07, 6.45) is 1.81. The maximum Gasteiger partial charge on any atom is 0.153 e. The fourth-order valence-electron chi connectivity index (χ4n) is 3.07. The second-order valence-electron chi connectivity index (χ2n) is 6.65. The van der Waals surface area contributed by atoms with Crippen LogP contribution >= 0.6 is 0 Å². The number of hydrogen-bond acceptors (Lipinski definition) is 6. The summed E-state index contributed by atoms with van der Waals surface area (Å²) in [4.78, 5) is 6.51. The number of hydrogen-bond donors (Lipinski definition) is 1. The lowest BCUT2D eigenvalue weighted by molar-refractivity contribution is 0.416. The summed E-state index contributed by atoms with van der Waals surface area (Å²) in [7, 11) is -1.25. The molecule has 7 heteroatoms. The number of pyridine rings is 1. The van der Waals surface area contributed by atoms with Crippen molar-refractivity contribution in [1.29, 1.82) is 0 Å². The highest BCUT2D eigenvalue weighted by Gasteiger charge is 2.22. The van der Waals surface area contributed by atoms with Gasteiger partial charge in [0, 0.05) is 31.0 Å². The third-order valence-electron chi connectivity index (χ3n) is 4.65. The van der Waals surface area contributed by atoms with Crippen molar-refractivity contribution < 1.29 is 13.2 Å². The van der Waals surface area contributed by atoms with Gasteiger partial charge in [0.25, 0.3) is 0 Å². The molecule has 26 heavy (non-hydrogen) atoms. The molecule has 1 saturated heterocycles. The SMILES string of the molecule is COc1cc(N2CCS(=O)(=O)CC2)ccc1NC(C)c1cc(C)ccn1. The van der Waals surface area contributed by atoms with Gasteiger partial charge >= 0.3 is 0 Å². The molecule has 1 fully saturated rings. The van der Waals surface area contributed by atoms with Crippen molar-refractivity contribution >= 4 is 21.2 Å². The van der Waals surface area contributed by atoms with E-state index in [-0.39, 0.29) is 17.5 Å². The van der Waals surface area contributed by atoms with Gasteiger partial charge in [-0.3, -0.25) is 4.98 Å². The molecule has 0 radical (unpaired) electrons. The lowest BCUT2D eigenvalue weighted by Crippen LogP contribution is -2.40. The van der Waals surface area contributed by atoms with Gasteiger partial charge in [-0.05, 0) is 43.7 Å². The summed E-state index contributed by atoms with van der Waals surface area (Å²) in [5.74, 6) is 1.13. The molecule has 0 spiro atoms. The maximum atomic E-state index is 11.6. The van der Waals surface area contributed by atoms with Crippen molar-refractivity contribution in [1.82, 2.24) is 4.98 Å². The normalized spacial score (nSPS) is 17.6. The molecule has 0 saturated carbocycles. The highest BCUT2D eigenvalue weighted by atomic mass is 32.2. The number of rotatable bonds is 5. The lowest BCUT2D eigenvalue weighted by atomic mass is 10.1. The fourth-order valence-corrected chi connectivity index (χ4v) is 4.27. The zero-order valence-electron chi connectivity index (χ0n) is 15.4. The predicted octanol–water partition coefficient (Wildman–Crippen LogP) is 2.81. The number of aromatic nitrogens is 1. The van der Waals surface area contributed by atoms with Gasteiger partial charge in [-0.25, -0.2) is 8.42 Å². The van der Waals surface area contributed by atoms with Crippen LogP contribution in [0.3, 0.4) is 0 Å². The van der Waals surface area contributed by atoms with Crippen LogP contribution in [0.4, 0.5) is 11.4 Å². The van der Waals surface area contributed by atoms with Crippen molar-refractivity contribution in [2.24, 2.45) is 0 Å². The molecule has 2 heterocycles. The molecule has 2 aromatic rings. The van der Waals surface area contributed by atoms with E-state index in [4.69, 9.17) is 4.74 Å². The smallest absolute Gasteiger partial charge is 0.153 e. The predicted molar refractivity (Wildman–Crippen MR) is 105 cm³/mol. The molecule has 1 N–H and O–H groups in total. The van der Waals surface area contributed by atoms with Crippen LogP contribution in [0.5, 0.6) is 5.75 Å². The van der Waals surface area contributed by atoms with Crippen molar-refractivity contribution in [3.63, 3.8) is 0 Å². The van der Waals surface area contributed by atoms with Gasteiger partial charge in [0.15, 0.2) is 9.84 Å². The van der Waals surface area contributed by atoms with E-state index in [2.05, 4.69) is 28.2 Å². The van der Waals surface area contributed by atoms with Gasteiger partial charge in [-0.1, -0.05) is 0 Å². The van der Waals surface area contributed by atoms with E-state index in [0.717, 1.165) is 22.8 Å². The summed E-state index contributed by atoms with van der Waals surface area (Å²) in [5, 5.41) is 3.45. The molecule has 1 aromatic carbocycles. The summed E-state index contributed by atoms with van der Waals surface area (Å²) >= 11 is 0. The highest BCUT2D eigenvalue weighted by Crippen LogP contribution is 2.32. The van der Waals surface area contributed by atoms with E-state index in [1.807, 2.05) is 37.4 Å². The molecule has 1 aliphatic rings. The zero-order valence-corrected chi connectivity index (χ0v) is 16.2. The fraction of sp³-hybridized carbons (Fsp3) is 0.421. The van der Waals surface area contributed by atoms with Gasteiger partial charge in [-0.15, -0.1) is 0 Å². The molecule has 3 rings (SSSR count). The first-order valence-corrected chi connectivity index (χ1v) is 10.5. The monoisotopic (exact) mass is 375 g/mol. The molecule has 1 aromatic heterocycles. The number of methoxy groups -OCH3 is 1. The van der Waals surface area contributed by atoms with Crippen LogP contribution in [0.25, 0.3) is 0 Å². The van der Waals surface area contributed by atoms with Crippen LogP contribution in [0.15, 0.2) is 36.5 Å². The van der Waals surface area contributed by atoms with E-state index >= 15 is 0 Å². The zero-order chi connectivity index (χ0) is 18.7. The van der Waals surface area contributed by atoms with Gasteiger partial charge in [0.05, 0.1) is 36.0 Å². The van der Waals surface area contributed by atoms with E-state index in [1.165, 1.54) is 5.56 Å². The third kappa shape index (κ3) is 4.27. The molecule has 0 aliphatic carbocycles. The minimum absolute atomic E-state index is 0.0368. The van der Waals surface area contributed by atoms with E-state index in [9.17, 15) is 8.42 Å². The van der Waals surface area contributed by atoms with Gasteiger partial charge < -0.3 is 15.0 Å². The first-order chi connectivity index (χ1) is 12.4. The average molecular weight is 375 g/mol. The Kier molecular flexibility index (Phi) is 5.36. The van der Waals surface area contributed by atoms with Gasteiger partial charge in [0.2, 0.25) is 0 Å². The molecule has 0 amide bonds. The topological polar surface area (TPSA) is 71.5 Å². The Hall–Kier alpha value is -2.28. The number of sulfone groups is 1. The second-order valence-corrected chi connectivity index (χ2v) is 8.95. The van der Waals surface area contributed by atoms with Crippen molar-refractivity contribution in [2.45, 2.75) is 19.9 Å². The standard InChI is InChI=1S/C19H25N3O3S/c1-14-6-7-20-18(12-14)15(2)21-17-5-4-16(13-19(17)25-3)22-8-10-26(23,24)11-9-22/h4-7,12-13,15,21H,8-11H2,1-3H3. The number of aryl methyl sites for hydroxylation is 1. The molecule has 140 valence electrons. The first-order valence-electron chi connectivity index (χ1n) is 8.70. The van der Waals surface area contributed by atoms with Gasteiger partial charge in [0.1, 0.15) is 5.75 Å². The van der Waals surface area contributed by atoms with Crippen LogP contribution in [-0.2, 0) is 9.84 Å². The average Bonchev–Trinajstić information content (AvgIpc) is 2.62. The van der Waals surface area contributed by atoms with E-state index in [0.29, 0.717) is 13.1 Å². The molecular formula is C19H25N3O3S. The Labute approximate surface area is 155 Å². The minimum Gasteiger partial charge on any atom is -0.495 e. The number of nitrogens with zero attached hydrogens (tertiary/aromatic N) is 2. The number of anilines is 2. The maximum absolute atomic E-state index is 11.6. The van der Waals surface area contributed by atoms with Crippen LogP contribution in [-0.4, -0.2) is 45.1 Å². The lowest BCUT2D eigenvalue weighted by Gasteiger charge is -2.29. The number of nitrogens with one attached hydrogen (secondary N) is 1. The minimum atomic E-state index is -2.89. The molecule has 1 atom stereocenters. The van der Waals surface area contributed by atoms with Crippen LogP contribution < -0.4 is 15.0 Å².